The van der Waals surface area contributed by atoms with Crippen LogP contribution in [-0.4, -0.2) is 40.9 Å². The molecule has 5 nitrogen and oxygen atoms in total. The maximum absolute atomic E-state index is 12.3. The van der Waals surface area contributed by atoms with Gasteiger partial charge in [-0.1, -0.05) is 63.3 Å². The largest absolute Gasteiger partial charge is 0.394 e. The van der Waals surface area contributed by atoms with Gasteiger partial charge < -0.3 is 21.3 Å². The summed E-state index contributed by atoms with van der Waals surface area (Å²) >= 11 is 0. The molecule has 0 heterocycles. The van der Waals surface area contributed by atoms with Gasteiger partial charge in [0.15, 0.2) is 0 Å². The second-order valence-corrected chi connectivity index (χ2v) is 8.11. The number of rotatable bonds is 10. The minimum atomic E-state index is -1.00. The van der Waals surface area contributed by atoms with E-state index >= 15 is 0 Å². The fourth-order valence-corrected chi connectivity index (χ4v) is 3.83. The Labute approximate surface area is 163 Å². The topological polar surface area (TPSA) is 95.6 Å². The van der Waals surface area contributed by atoms with Crippen molar-refractivity contribution in [3.63, 3.8) is 0 Å². The first-order valence-electron chi connectivity index (χ1n) is 10.4. The summed E-state index contributed by atoms with van der Waals surface area (Å²) in [6.45, 7) is 1.19. The molecule has 0 radical (unpaired) electrons. The third kappa shape index (κ3) is 6.59. The van der Waals surface area contributed by atoms with Crippen LogP contribution in [0.1, 0.15) is 63.0 Å². The molecule has 1 aliphatic rings. The van der Waals surface area contributed by atoms with E-state index in [1.165, 1.54) is 44.1 Å². The molecule has 1 aromatic rings. The van der Waals surface area contributed by atoms with Crippen LogP contribution < -0.4 is 11.1 Å². The lowest BCUT2D eigenvalue weighted by Crippen LogP contribution is -2.58. The van der Waals surface area contributed by atoms with Crippen LogP contribution in [0, 0.1) is 5.92 Å². The van der Waals surface area contributed by atoms with E-state index in [0.717, 1.165) is 17.9 Å². The first-order chi connectivity index (χ1) is 13.0. The minimum Gasteiger partial charge on any atom is -0.394 e. The molecule has 1 fully saturated rings. The highest BCUT2D eigenvalue weighted by atomic mass is 16.3. The van der Waals surface area contributed by atoms with Gasteiger partial charge in [-0.15, -0.1) is 0 Å². The molecule has 1 atom stereocenters. The van der Waals surface area contributed by atoms with Gasteiger partial charge in [-0.2, -0.15) is 0 Å². The van der Waals surface area contributed by atoms with Gasteiger partial charge in [-0.25, -0.2) is 0 Å². The highest BCUT2D eigenvalue weighted by molar-refractivity contribution is 5.82. The first-order valence-corrected chi connectivity index (χ1v) is 10.4. The SMILES string of the molecule is CCC(CO)(CO)NC(=O)C(N)Cc1ccc(CCC2CCCCC2)cc1. The summed E-state index contributed by atoms with van der Waals surface area (Å²) in [6, 6.07) is 7.67. The molecule has 1 amide bonds. The first kappa shape index (κ1) is 21.9. The Bertz CT molecular complexity index is 555. The van der Waals surface area contributed by atoms with Crippen molar-refractivity contribution < 1.29 is 15.0 Å². The standard InChI is InChI=1S/C22H36N2O3/c1-2-22(15-25,16-26)24-21(27)20(23)14-19-12-10-18(11-13-19)9-8-17-6-4-3-5-7-17/h10-13,17,20,25-26H,2-9,14-16,23H2,1H3,(H,24,27). The van der Waals surface area contributed by atoms with Crippen LogP contribution >= 0.6 is 0 Å². The zero-order valence-electron chi connectivity index (χ0n) is 16.6. The van der Waals surface area contributed by atoms with E-state index in [0.29, 0.717) is 12.8 Å². The van der Waals surface area contributed by atoms with Gasteiger partial charge >= 0.3 is 0 Å². The number of carbonyl (C=O) groups is 1. The Morgan fingerprint density at radius 1 is 1.15 bits per heavy atom. The normalized spacial score (nSPS) is 16.9. The van der Waals surface area contributed by atoms with E-state index < -0.39 is 11.6 Å². The number of amides is 1. The van der Waals surface area contributed by atoms with Gasteiger partial charge in [0.05, 0.1) is 24.8 Å². The fourth-order valence-electron chi connectivity index (χ4n) is 3.83. The van der Waals surface area contributed by atoms with Gasteiger partial charge in [0.2, 0.25) is 5.91 Å². The van der Waals surface area contributed by atoms with Crippen LogP contribution in [0.25, 0.3) is 0 Å². The number of aliphatic hydroxyl groups excluding tert-OH is 2. The van der Waals surface area contributed by atoms with Crippen molar-refractivity contribution in [2.75, 3.05) is 13.2 Å². The van der Waals surface area contributed by atoms with E-state index in [1.54, 1.807) is 0 Å². The van der Waals surface area contributed by atoms with E-state index in [2.05, 4.69) is 29.6 Å². The van der Waals surface area contributed by atoms with Crippen LogP contribution in [0.2, 0.25) is 0 Å². The lowest BCUT2D eigenvalue weighted by molar-refractivity contribution is -0.125. The summed E-state index contributed by atoms with van der Waals surface area (Å²) < 4.78 is 0. The molecule has 0 saturated heterocycles. The van der Waals surface area contributed by atoms with Crippen molar-refractivity contribution in [1.82, 2.24) is 5.32 Å². The zero-order chi connectivity index (χ0) is 19.7. The van der Waals surface area contributed by atoms with Crippen LogP contribution in [0.3, 0.4) is 0 Å². The number of nitrogens with two attached hydrogens (primary N) is 1. The third-order valence-corrected chi connectivity index (χ3v) is 6.05. The molecule has 27 heavy (non-hydrogen) atoms. The average molecular weight is 377 g/mol. The molecule has 5 N–H and O–H groups in total. The van der Waals surface area contributed by atoms with Crippen molar-refractivity contribution >= 4 is 5.91 Å². The molecular weight excluding hydrogens is 340 g/mol. The van der Waals surface area contributed by atoms with Crippen LogP contribution in [0.5, 0.6) is 0 Å². The molecular formula is C22H36N2O3. The molecule has 1 unspecified atom stereocenters. The average Bonchev–Trinajstić information content (AvgIpc) is 2.72. The number of hydrogen-bond acceptors (Lipinski definition) is 4. The maximum Gasteiger partial charge on any atom is 0.237 e. The predicted octanol–water partition coefficient (Wildman–Crippen LogP) is 2.32. The number of aryl methyl sites for hydroxylation is 1. The van der Waals surface area contributed by atoms with Crippen molar-refractivity contribution in [1.29, 1.82) is 0 Å². The van der Waals surface area contributed by atoms with Gasteiger partial charge in [0, 0.05) is 0 Å². The summed E-state index contributed by atoms with van der Waals surface area (Å²) in [5.41, 5.74) is 7.40. The Hall–Kier alpha value is -1.43. The molecule has 5 heteroatoms. The zero-order valence-corrected chi connectivity index (χ0v) is 16.6. The molecule has 2 rings (SSSR count). The van der Waals surface area contributed by atoms with E-state index in [1.807, 2.05) is 6.92 Å². The second-order valence-electron chi connectivity index (χ2n) is 8.11. The molecule has 152 valence electrons. The lowest BCUT2D eigenvalue weighted by Gasteiger charge is -2.31. The minimum absolute atomic E-state index is 0.311. The van der Waals surface area contributed by atoms with Crippen molar-refractivity contribution in [3.05, 3.63) is 35.4 Å². The number of nitrogens with one attached hydrogen (secondary N) is 1. The van der Waals surface area contributed by atoms with Gasteiger partial charge in [0.25, 0.3) is 0 Å². The Balaban J connectivity index is 1.83. The third-order valence-electron chi connectivity index (χ3n) is 6.05. The van der Waals surface area contributed by atoms with Gasteiger partial charge in [0.1, 0.15) is 0 Å². The van der Waals surface area contributed by atoms with E-state index in [-0.39, 0.29) is 19.1 Å². The summed E-state index contributed by atoms with van der Waals surface area (Å²) in [4.78, 5) is 12.3. The molecule has 1 aliphatic carbocycles. The highest BCUT2D eigenvalue weighted by Gasteiger charge is 2.30. The highest BCUT2D eigenvalue weighted by Crippen LogP contribution is 2.27. The predicted molar refractivity (Wildman–Crippen MR) is 108 cm³/mol. The Morgan fingerprint density at radius 2 is 1.74 bits per heavy atom. The maximum atomic E-state index is 12.3. The molecule has 0 aromatic heterocycles. The smallest absolute Gasteiger partial charge is 0.237 e. The van der Waals surface area contributed by atoms with Crippen LogP contribution in [-0.2, 0) is 17.6 Å². The quantitative estimate of drug-likeness (QED) is 0.504. The van der Waals surface area contributed by atoms with Crippen LogP contribution in [0.15, 0.2) is 24.3 Å². The number of hydrogen-bond donors (Lipinski definition) is 4. The second kappa shape index (κ2) is 10.8. The van der Waals surface area contributed by atoms with E-state index in [9.17, 15) is 15.0 Å². The van der Waals surface area contributed by atoms with E-state index in [4.69, 9.17) is 5.73 Å². The number of benzene rings is 1. The van der Waals surface area contributed by atoms with Gasteiger partial charge in [-0.05, 0) is 42.7 Å². The fraction of sp³-hybridized carbons (Fsp3) is 0.682. The molecule has 0 bridgehead atoms. The molecule has 0 spiro atoms. The summed E-state index contributed by atoms with van der Waals surface area (Å²) in [5, 5.41) is 21.6. The monoisotopic (exact) mass is 376 g/mol. The summed E-state index contributed by atoms with van der Waals surface area (Å²) in [6.07, 6.45) is 10.2. The Kier molecular flexibility index (Phi) is 8.74. The Morgan fingerprint density at radius 3 is 2.30 bits per heavy atom. The summed E-state index contributed by atoms with van der Waals surface area (Å²) in [5.74, 6) is 0.536. The molecule has 1 aromatic carbocycles. The number of aliphatic hydroxyl groups is 2. The molecule has 0 aliphatic heterocycles. The van der Waals surface area contributed by atoms with Crippen molar-refractivity contribution in [2.45, 2.75) is 76.3 Å². The van der Waals surface area contributed by atoms with Crippen LogP contribution in [0.4, 0.5) is 0 Å². The van der Waals surface area contributed by atoms with Gasteiger partial charge in [-0.3, -0.25) is 4.79 Å². The number of carbonyl (C=O) groups excluding carboxylic acids is 1. The summed E-state index contributed by atoms with van der Waals surface area (Å²) in [7, 11) is 0. The molecule has 1 saturated carbocycles. The van der Waals surface area contributed by atoms with Crippen molar-refractivity contribution in [3.8, 4) is 0 Å². The van der Waals surface area contributed by atoms with Crippen molar-refractivity contribution in [2.24, 2.45) is 11.7 Å². The lowest BCUT2D eigenvalue weighted by atomic mass is 9.85.